The minimum Gasteiger partial charge on any atom is -0.370 e. The first-order chi connectivity index (χ1) is 21.2. The van der Waals surface area contributed by atoms with Crippen LogP contribution >= 0.6 is 0 Å². The largest absolute Gasteiger partial charge is 0.370 e. The van der Waals surface area contributed by atoms with Crippen molar-refractivity contribution in [3.05, 3.63) is 89.8 Å². The zero-order chi connectivity index (χ0) is 31.5. The Morgan fingerprint density at radius 2 is 1.86 bits per heavy atom. The topological polar surface area (TPSA) is 155 Å². The maximum absolute atomic E-state index is 14.0. The lowest BCUT2D eigenvalue weighted by molar-refractivity contribution is -0.141. The summed E-state index contributed by atoms with van der Waals surface area (Å²) >= 11 is 0. The van der Waals surface area contributed by atoms with Gasteiger partial charge in [-0.25, -0.2) is 4.39 Å². The highest BCUT2D eigenvalue weighted by Crippen LogP contribution is 2.21. The molecular formula is C33H40FN7O3. The normalized spacial score (nSPS) is 17.7. The SMILES string of the molecule is CNC(=O)[C@H](Cc1ccc2ccccc2c1)N1CC[C@H](CNC(=O)C=Cc2ccc(F)cc2)N[C@@H](CCCN=C(N)N)C1=O. The number of halogens is 1. The molecule has 11 heteroatoms. The Bertz CT molecular complexity index is 1500. The van der Waals surface area contributed by atoms with Crippen LogP contribution < -0.4 is 27.4 Å². The number of rotatable bonds is 12. The molecule has 0 unspecified atom stereocenters. The fourth-order valence-corrected chi connectivity index (χ4v) is 5.35. The summed E-state index contributed by atoms with van der Waals surface area (Å²) in [7, 11) is 1.57. The Labute approximate surface area is 256 Å². The van der Waals surface area contributed by atoms with Crippen LogP contribution in [0.1, 0.15) is 30.4 Å². The number of benzene rings is 3. The van der Waals surface area contributed by atoms with Gasteiger partial charge in [0.1, 0.15) is 11.9 Å². The average molecular weight is 602 g/mol. The maximum Gasteiger partial charge on any atom is 0.244 e. The molecule has 0 saturated carbocycles. The number of nitrogens with one attached hydrogen (secondary N) is 3. The Morgan fingerprint density at radius 3 is 2.59 bits per heavy atom. The van der Waals surface area contributed by atoms with Crippen LogP contribution in [0.4, 0.5) is 4.39 Å². The van der Waals surface area contributed by atoms with Gasteiger partial charge in [-0.05, 0) is 59.4 Å². The van der Waals surface area contributed by atoms with Crippen molar-refractivity contribution in [1.82, 2.24) is 20.9 Å². The van der Waals surface area contributed by atoms with Gasteiger partial charge in [-0.2, -0.15) is 0 Å². The van der Waals surface area contributed by atoms with E-state index in [-0.39, 0.29) is 42.1 Å². The second-order valence-corrected chi connectivity index (χ2v) is 10.8. The Balaban J connectivity index is 1.49. The van der Waals surface area contributed by atoms with E-state index in [1.807, 2.05) is 36.4 Å². The summed E-state index contributed by atoms with van der Waals surface area (Å²) in [5.41, 5.74) is 12.6. The number of guanidine groups is 1. The number of aliphatic imine (C=N–C) groups is 1. The van der Waals surface area contributed by atoms with Crippen molar-refractivity contribution < 1.29 is 18.8 Å². The number of likely N-dealkylation sites (N-methyl/N-ethyl adjacent to an activating group) is 1. The fraction of sp³-hybridized carbons (Fsp3) is 0.333. The molecular weight excluding hydrogens is 561 g/mol. The molecule has 1 aliphatic rings. The molecule has 0 spiro atoms. The molecule has 0 bridgehead atoms. The van der Waals surface area contributed by atoms with Crippen LogP contribution in [0.5, 0.6) is 0 Å². The van der Waals surface area contributed by atoms with Gasteiger partial charge in [0.05, 0.1) is 6.04 Å². The zero-order valence-corrected chi connectivity index (χ0v) is 24.8. The average Bonchev–Trinajstić information content (AvgIpc) is 3.18. The molecule has 10 nitrogen and oxygen atoms in total. The van der Waals surface area contributed by atoms with Crippen LogP contribution in [-0.4, -0.2) is 73.4 Å². The molecule has 3 amide bonds. The molecule has 0 aliphatic carbocycles. The Kier molecular flexibility index (Phi) is 11.4. The third-order valence-corrected chi connectivity index (χ3v) is 7.67. The highest BCUT2D eigenvalue weighted by atomic mass is 19.1. The summed E-state index contributed by atoms with van der Waals surface area (Å²) in [5, 5.41) is 11.2. The van der Waals surface area contributed by atoms with Gasteiger partial charge in [-0.3, -0.25) is 19.4 Å². The molecule has 0 radical (unpaired) electrons. The first-order valence-corrected chi connectivity index (χ1v) is 14.8. The number of carbonyl (C=O) groups excluding carboxylic acids is 3. The first-order valence-electron chi connectivity index (χ1n) is 14.8. The van der Waals surface area contributed by atoms with Crippen LogP contribution in [0, 0.1) is 5.82 Å². The van der Waals surface area contributed by atoms with Crippen molar-refractivity contribution in [2.45, 2.75) is 43.8 Å². The lowest BCUT2D eigenvalue weighted by atomic mass is 9.99. The molecule has 7 N–H and O–H groups in total. The van der Waals surface area contributed by atoms with E-state index < -0.39 is 12.1 Å². The van der Waals surface area contributed by atoms with E-state index >= 15 is 0 Å². The predicted molar refractivity (Wildman–Crippen MR) is 171 cm³/mol. The van der Waals surface area contributed by atoms with Gasteiger partial charge in [0, 0.05) is 45.2 Å². The molecule has 3 atom stereocenters. The van der Waals surface area contributed by atoms with Crippen LogP contribution in [0.3, 0.4) is 0 Å². The molecule has 4 rings (SSSR count). The van der Waals surface area contributed by atoms with Gasteiger partial charge in [0.15, 0.2) is 5.96 Å². The lowest BCUT2D eigenvalue weighted by Crippen LogP contribution is -2.54. The standard InChI is InChI=1S/C33H40FN7O3/c1-37-31(43)29(20-23-8-12-24-5-2-3-6-25(24)19-23)41-18-16-27(40-28(32(41)44)7-4-17-38-33(35)36)21-39-30(42)15-11-22-9-13-26(34)14-10-22/h2-3,5-6,8-15,19,27-29,40H,4,7,16-18,20-21H2,1H3,(H,37,43)(H,39,42)(H4,35,36,38)/t27-,28+,29+/m1/s1. The maximum atomic E-state index is 14.0. The Hall–Kier alpha value is -4.77. The van der Waals surface area contributed by atoms with E-state index in [0.29, 0.717) is 44.3 Å². The van der Waals surface area contributed by atoms with Crippen LogP contribution in [0.2, 0.25) is 0 Å². The zero-order valence-electron chi connectivity index (χ0n) is 24.8. The van der Waals surface area contributed by atoms with Gasteiger partial charge >= 0.3 is 0 Å². The van der Waals surface area contributed by atoms with Gasteiger partial charge in [0.2, 0.25) is 17.7 Å². The summed E-state index contributed by atoms with van der Waals surface area (Å²) in [6.07, 6.45) is 4.85. The van der Waals surface area contributed by atoms with Crippen molar-refractivity contribution >= 4 is 40.5 Å². The number of hydrogen-bond acceptors (Lipinski definition) is 5. The summed E-state index contributed by atoms with van der Waals surface area (Å²) in [6.45, 7) is 0.959. The first kappa shape index (κ1) is 32.2. The van der Waals surface area contributed by atoms with E-state index in [9.17, 15) is 18.8 Å². The second-order valence-electron chi connectivity index (χ2n) is 10.8. The number of amides is 3. The minimum absolute atomic E-state index is 0.0175. The number of nitrogens with two attached hydrogens (primary N) is 2. The van der Waals surface area contributed by atoms with Crippen LogP contribution in [-0.2, 0) is 20.8 Å². The summed E-state index contributed by atoms with van der Waals surface area (Å²) < 4.78 is 13.2. The van der Waals surface area contributed by atoms with E-state index in [1.54, 1.807) is 30.2 Å². The molecule has 232 valence electrons. The predicted octanol–water partition coefficient (Wildman–Crippen LogP) is 2.08. The molecule has 3 aromatic carbocycles. The lowest BCUT2D eigenvalue weighted by Gasteiger charge is -2.31. The van der Waals surface area contributed by atoms with Gasteiger partial charge < -0.3 is 32.3 Å². The number of hydrogen-bond donors (Lipinski definition) is 5. The Morgan fingerprint density at radius 1 is 1.11 bits per heavy atom. The van der Waals surface area contributed by atoms with Crippen molar-refractivity contribution in [1.29, 1.82) is 0 Å². The van der Waals surface area contributed by atoms with Crippen LogP contribution in [0.15, 0.2) is 77.8 Å². The smallest absolute Gasteiger partial charge is 0.244 e. The highest BCUT2D eigenvalue weighted by molar-refractivity contribution is 5.92. The molecule has 1 aliphatic heterocycles. The third kappa shape index (κ3) is 9.11. The van der Waals surface area contributed by atoms with E-state index in [1.165, 1.54) is 18.2 Å². The van der Waals surface area contributed by atoms with Crippen molar-refractivity contribution in [2.75, 3.05) is 26.7 Å². The summed E-state index contributed by atoms with van der Waals surface area (Å²) in [5.74, 6) is -1.11. The van der Waals surface area contributed by atoms with Gasteiger partial charge in [-0.1, -0.05) is 54.6 Å². The van der Waals surface area contributed by atoms with E-state index in [2.05, 4.69) is 27.0 Å². The van der Waals surface area contributed by atoms with Gasteiger partial charge in [-0.15, -0.1) is 0 Å². The quantitative estimate of drug-likeness (QED) is 0.0927. The molecule has 0 aromatic heterocycles. The van der Waals surface area contributed by atoms with Crippen molar-refractivity contribution in [2.24, 2.45) is 16.5 Å². The fourth-order valence-electron chi connectivity index (χ4n) is 5.35. The molecule has 44 heavy (non-hydrogen) atoms. The molecule has 3 aromatic rings. The number of fused-ring (bicyclic) bond motifs is 1. The van der Waals surface area contributed by atoms with Gasteiger partial charge in [0.25, 0.3) is 0 Å². The minimum atomic E-state index is -0.720. The van der Waals surface area contributed by atoms with Crippen molar-refractivity contribution in [3.63, 3.8) is 0 Å². The molecule has 1 heterocycles. The monoisotopic (exact) mass is 601 g/mol. The summed E-state index contributed by atoms with van der Waals surface area (Å²) in [6, 6.07) is 18.3. The van der Waals surface area contributed by atoms with Crippen LogP contribution in [0.25, 0.3) is 16.8 Å². The third-order valence-electron chi connectivity index (χ3n) is 7.67. The van der Waals surface area contributed by atoms with E-state index in [0.717, 1.165) is 16.3 Å². The number of carbonyl (C=O) groups is 3. The second kappa shape index (κ2) is 15.6. The summed E-state index contributed by atoms with van der Waals surface area (Å²) in [4.78, 5) is 45.5. The van der Waals surface area contributed by atoms with E-state index in [4.69, 9.17) is 11.5 Å². The molecule has 1 saturated heterocycles. The van der Waals surface area contributed by atoms with Crippen molar-refractivity contribution in [3.8, 4) is 0 Å². The highest BCUT2D eigenvalue weighted by Gasteiger charge is 2.37. The number of nitrogens with zero attached hydrogens (tertiary/aromatic N) is 2. The molecule has 1 fully saturated rings.